The van der Waals surface area contributed by atoms with Crippen LogP contribution in [0.15, 0.2) is 47.0 Å². The molecule has 0 saturated heterocycles. The zero-order valence-electron chi connectivity index (χ0n) is 11.2. The van der Waals surface area contributed by atoms with E-state index >= 15 is 0 Å². The van der Waals surface area contributed by atoms with Gasteiger partial charge in [0.15, 0.2) is 5.69 Å². The monoisotopic (exact) mass is 272 g/mol. The summed E-state index contributed by atoms with van der Waals surface area (Å²) in [5.74, 6) is -0.410. The Kier molecular flexibility index (Phi) is 4.43. The molecule has 1 aromatic carbocycles. The fraction of sp³-hybridized carbons (Fsp3) is 0.231. The predicted octanol–water partition coefficient (Wildman–Crippen LogP) is 1.68. The minimum Gasteiger partial charge on any atom is -0.364 e. The van der Waals surface area contributed by atoms with Crippen LogP contribution < -0.4 is 5.73 Å². The van der Waals surface area contributed by atoms with Gasteiger partial charge in [0.25, 0.3) is 5.91 Å². The zero-order chi connectivity index (χ0) is 14.4. The van der Waals surface area contributed by atoms with E-state index in [0.717, 1.165) is 6.42 Å². The first kappa shape index (κ1) is 13.7. The summed E-state index contributed by atoms with van der Waals surface area (Å²) in [4.78, 5) is 17.6. The summed E-state index contributed by atoms with van der Waals surface area (Å²) in [5.41, 5.74) is 6.56. The van der Waals surface area contributed by atoms with Gasteiger partial charge in [0.05, 0.1) is 6.33 Å². The Morgan fingerprint density at radius 3 is 2.85 bits per heavy atom. The first-order valence-electron chi connectivity index (χ1n) is 6.16. The zero-order valence-corrected chi connectivity index (χ0v) is 11.2. The molecule has 0 aliphatic carbocycles. The number of nitrogens with zero attached hydrogens (tertiary/aromatic N) is 4. The molecule has 0 radical (unpaired) electrons. The van der Waals surface area contributed by atoms with Gasteiger partial charge in [-0.15, -0.1) is 5.11 Å². The van der Waals surface area contributed by atoms with E-state index in [1.165, 1.54) is 11.9 Å². The van der Waals surface area contributed by atoms with Crippen molar-refractivity contribution in [3.63, 3.8) is 0 Å². The molecule has 0 unspecified atom stereocenters. The number of aromatic amines is 1. The van der Waals surface area contributed by atoms with E-state index in [-0.39, 0.29) is 11.5 Å². The highest BCUT2D eigenvalue weighted by atomic mass is 16.1. The van der Waals surface area contributed by atoms with Gasteiger partial charge in [0.1, 0.15) is 0 Å². The molecular formula is C13H16N6O. The molecule has 0 fully saturated rings. The second-order valence-corrected chi connectivity index (χ2v) is 4.27. The third-order valence-electron chi connectivity index (χ3n) is 2.72. The fourth-order valence-corrected chi connectivity index (χ4v) is 1.64. The van der Waals surface area contributed by atoms with Gasteiger partial charge >= 0.3 is 0 Å². The van der Waals surface area contributed by atoms with Crippen LogP contribution in [0.5, 0.6) is 0 Å². The average molecular weight is 272 g/mol. The number of carbonyl (C=O) groups is 1. The minimum absolute atomic E-state index is 0.158. The van der Waals surface area contributed by atoms with Gasteiger partial charge in [-0.3, -0.25) is 9.80 Å². The van der Waals surface area contributed by atoms with Gasteiger partial charge in [-0.05, 0) is 12.0 Å². The van der Waals surface area contributed by atoms with Crippen molar-refractivity contribution >= 4 is 11.7 Å². The lowest BCUT2D eigenvalue weighted by molar-refractivity contribution is 0.0996. The molecule has 20 heavy (non-hydrogen) atoms. The molecule has 0 saturated carbocycles. The van der Waals surface area contributed by atoms with Gasteiger partial charge in [-0.1, -0.05) is 35.6 Å². The highest BCUT2D eigenvalue weighted by Crippen LogP contribution is 2.13. The number of aromatic nitrogens is 2. The summed E-state index contributed by atoms with van der Waals surface area (Å²) >= 11 is 0. The number of H-pyrrole nitrogens is 1. The number of hydrogen-bond acceptors (Lipinski definition) is 4. The van der Waals surface area contributed by atoms with Crippen molar-refractivity contribution in [1.29, 1.82) is 0 Å². The number of hydrogen-bond donors (Lipinski definition) is 2. The van der Waals surface area contributed by atoms with E-state index in [9.17, 15) is 4.79 Å². The number of rotatable bonds is 6. The standard InChI is InChI=1S/C13H16N6O/c1-19(8-7-10-5-3-2-4-6-10)18-17-13-11(12(14)20)15-9-16-13/h2-6,9H,7-8H2,1H3,(H2,14,20)(H,15,16). The maximum absolute atomic E-state index is 11.1. The summed E-state index contributed by atoms with van der Waals surface area (Å²) in [6, 6.07) is 10.1. The van der Waals surface area contributed by atoms with Gasteiger partial charge in [-0.25, -0.2) is 4.98 Å². The first-order valence-corrected chi connectivity index (χ1v) is 6.16. The highest BCUT2D eigenvalue weighted by molar-refractivity contribution is 5.94. The highest BCUT2D eigenvalue weighted by Gasteiger charge is 2.10. The summed E-state index contributed by atoms with van der Waals surface area (Å²) in [5, 5.41) is 9.59. The lowest BCUT2D eigenvalue weighted by Crippen LogP contribution is -2.14. The van der Waals surface area contributed by atoms with Crippen LogP contribution in [0.25, 0.3) is 0 Å². The van der Waals surface area contributed by atoms with Gasteiger partial charge in [0, 0.05) is 13.6 Å². The van der Waals surface area contributed by atoms with Crippen molar-refractivity contribution in [3.05, 3.63) is 47.9 Å². The fourth-order valence-electron chi connectivity index (χ4n) is 1.64. The van der Waals surface area contributed by atoms with E-state index in [1.807, 2.05) is 25.2 Å². The molecular weight excluding hydrogens is 256 g/mol. The number of nitrogens with one attached hydrogen (secondary N) is 1. The van der Waals surface area contributed by atoms with E-state index in [1.54, 1.807) is 5.01 Å². The van der Waals surface area contributed by atoms with Crippen molar-refractivity contribution in [1.82, 2.24) is 15.0 Å². The Morgan fingerprint density at radius 2 is 2.15 bits per heavy atom. The Bertz CT molecular complexity index is 592. The topological polar surface area (TPSA) is 99.7 Å². The summed E-state index contributed by atoms with van der Waals surface area (Å²) < 4.78 is 0. The SMILES string of the molecule is CN(CCc1ccccc1)N=Nc1nc[nH]c1C(N)=O. The number of benzene rings is 1. The van der Waals surface area contributed by atoms with E-state index in [0.29, 0.717) is 6.54 Å². The summed E-state index contributed by atoms with van der Waals surface area (Å²) in [7, 11) is 1.81. The number of nitrogens with two attached hydrogens (primary N) is 1. The van der Waals surface area contributed by atoms with Crippen molar-refractivity contribution in [2.24, 2.45) is 16.1 Å². The van der Waals surface area contributed by atoms with Crippen LogP contribution in [0, 0.1) is 0 Å². The molecule has 0 aliphatic heterocycles. The summed E-state index contributed by atoms with van der Waals surface area (Å²) in [6.07, 6.45) is 2.22. The van der Waals surface area contributed by atoms with E-state index in [4.69, 9.17) is 5.73 Å². The molecule has 2 rings (SSSR count). The molecule has 1 aromatic heterocycles. The predicted molar refractivity (Wildman–Crippen MR) is 74.4 cm³/mol. The largest absolute Gasteiger partial charge is 0.364 e. The molecule has 7 nitrogen and oxygen atoms in total. The van der Waals surface area contributed by atoms with Crippen LogP contribution in [0.4, 0.5) is 5.82 Å². The normalized spacial score (nSPS) is 10.8. The van der Waals surface area contributed by atoms with Crippen LogP contribution >= 0.6 is 0 Å². The van der Waals surface area contributed by atoms with Crippen LogP contribution in [-0.4, -0.2) is 34.5 Å². The number of carbonyl (C=O) groups excluding carboxylic acids is 1. The van der Waals surface area contributed by atoms with Crippen molar-refractivity contribution < 1.29 is 4.79 Å². The molecule has 0 bridgehead atoms. The molecule has 0 atom stereocenters. The molecule has 2 aromatic rings. The second-order valence-electron chi connectivity index (χ2n) is 4.27. The third kappa shape index (κ3) is 3.64. The van der Waals surface area contributed by atoms with Crippen LogP contribution in [-0.2, 0) is 6.42 Å². The molecule has 1 amide bonds. The molecule has 0 spiro atoms. The first-order chi connectivity index (χ1) is 9.66. The van der Waals surface area contributed by atoms with Crippen LogP contribution in [0.1, 0.15) is 16.1 Å². The van der Waals surface area contributed by atoms with Crippen LogP contribution in [0.3, 0.4) is 0 Å². The second kappa shape index (κ2) is 6.46. The molecule has 3 N–H and O–H groups in total. The average Bonchev–Trinajstić information content (AvgIpc) is 2.92. The molecule has 0 aliphatic rings. The molecule has 104 valence electrons. The Balaban J connectivity index is 1.91. The lowest BCUT2D eigenvalue weighted by Gasteiger charge is -2.10. The molecule has 1 heterocycles. The number of primary amides is 1. The Labute approximate surface area is 116 Å². The number of likely N-dealkylation sites (N-methyl/N-ethyl adjacent to an activating group) is 1. The maximum atomic E-state index is 11.1. The third-order valence-corrected chi connectivity index (χ3v) is 2.72. The number of imidazole rings is 1. The van der Waals surface area contributed by atoms with E-state index in [2.05, 4.69) is 32.4 Å². The van der Waals surface area contributed by atoms with Crippen LogP contribution in [0.2, 0.25) is 0 Å². The summed E-state index contributed by atoms with van der Waals surface area (Å²) in [6.45, 7) is 0.712. The van der Waals surface area contributed by atoms with Gasteiger partial charge in [-0.2, -0.15) is 0 Å². The van der Waals surface area contributed by atoms with Crippen molar-refractivity contribution in [2.75, 3.05) is 13.6 Å². The maximum Gasteiger partial charge on any atom is 0.269 e. The Hall–Kier alpha value is -2.70. The van der Waals surface area contributed by atoms with Crippen molar-refractivity contribution in [2.45, 2.75) is 6.42 Å². The quantitative estimate of drug-likeness (QED) is 0.618. The van der Waals surface area contributed by atoms with Gasteiger partial charge in [0.2, 0.25) is 5.82 Å². The van der Waals surface area contributed by atoms with Crippen molar-refractivity contribution in [3.8, 4) is 0 Å². The Morgan fingerprint density at radius 1 is 1.40 bits per heavy atom. The van der Waals surface area contributed by atoms with Gasteiger partial charge < -0.3 is 10.7 Å². The van der Waals surface area contributed by atoms with E-state index < -0.39 is 5.91 Å². The lowest BCUT2D eigenvalue weighted by atomic mass is 10.1. The number of amides is 1. The minimum atomic E-state index is -0.608. The smallest absolute Gasteiger partial charge is 0.269 e. The molecule has 7 heteroatoms.